The Balaban J connectivity index is 1.39. The first-order valence-corrected chi connectivity index (χ1v) is 8.48. The fourth-order valence-corrected chi connectivity index (χ4v) is 3.40. The minimum atomic E-state index is 0.0173. The Morgan fingerprint density at radius 1 is 1.23 bits per heavy atom. The SMILES string of the molecule is CC1(NC(=O)NC2CCN(Cc3ccccc3)CC2)CCC1. The molecule has 0 bridgehead atoms. The molecular formula is C18H27N3O. The van der Waals surface area contributed by atoms with Crippen LogP contribution in [0.4, 0.5) is 4.79 Å². The van der Waals surface area contributed by atoms with Crippen molar-refractivity contribution < 1.29 is 4.79 Å². The summed E-state index contributed by atoms with van der Waals surface area (Å²) in [4.78, 5) is 14.5. The zero-order valence-corrected chi connectivity index (χ0v) is 13.5. The van der Waals surface area contributed by atoms with Gasteiger partial charge in [-0.3, -0.25) is 4.90 Å². The van der Waals surface area contributed by atoms with E-state index >= 15 is 0 Å². The lowest BCUT2D eigenvalue weighted by Crippen LogP contribution is -2.56. The molecule has 1 aromatic carbocycles. The van der Waals surface area contributed by atoms with Gasteiger partial charge < -0.3 is 10.6 Å². The normalized spacial score (nSPS) is 21.9. The fourth-order valence-electron chi connectivity index (χ4n) is 3.40. The van der Waals surface area contributed by atoms with Crippen LogP contribution in [0.2, 0.25) is 0 Å². The van der Waals surface area contributed by atoms with Gasteiger partial charge in [0.15, 0.2) is 0 Å². The van der Waals surface area contributed by atoms with Crippen molar-refractivity contribution in [2.75, 3.05) is 13.1 Å². The summed E-state index contributed by atoms with van der Waals surface area (Å²) in [5, 5.41) is 6.28. The Hall–Kier alpha value is -1.55. The molecule has 2 amide bonds. The number of rotatable bonds is 4. The molecule has 1 saturated carbocycles. The Morgan fingerprint density at radius 2 is 1.91 bits per heavy atom. The van der Waals surface area contributed by atoms with Gasteiger partial charge >= 0.3 is 6.03 Å². The summed E-state index contributed by atoms with van der Waals surface area (Å²) in [6.45, 7) is 5.25. The molecule has 0 atom stereocenters. The first-order valence-electron chi connectivity index (χ1n) is 8.48. The van der Waals surface area contributed by atoms with E-state index in [1.54, 1.807) is 0 Å². The number of piperidine rings is 1. The van der Waals surface area contributed by atoms with Crippen molar-refractivity contribution in [1.29, 1.82) is 0 Å². The zero-order chi connectivity index (χ0) is 15.4. The number of nitrogens with one attached hydrogen (secondary N) is 2. The molecule has 4 heteroatoms. The lowest BCUT2D eigenvalue weighted by molar-refractivity contribution is 0.170. The highest BCUT2D eigenvalue weighted by Gasteiger charge is 2.33. The minimum absolute atomic E-state index is 0.0173. The summed E-state index contributed by atoms with van der Waals surface area (Å²) in [5.74, 6) is 0. The fraction of sp³-hybridized carbons (Fsp3) is 0.611. The Morgan fingerprint density at radius 3 is 2.50 bits per heavy atom. The van der Waals surface area contributed by atoms with Crippen molar-refractivity contribution in [3.8, 4) is 0 Å². The van der Waals surface area contributed by atoms with Crippen LogP contribution in [0.3, 0.4) is 0 Å². The first-order chi connectivity index (χ1) is 10.6. The molecule has 2 aliphatic rings. The first kappa shape index (κ1) is 15.3. The van der Waals surface area contributed by atoms with Crippen LogP contribution in [0.5, 0.6) is 0 Å². The third-order valence-corrected chi connectivity index (χ3v) is 5.04. The molecule has 3 rings (SSSR count). The monoisotopic (exact) mass is 301 g/mol. The van der Waals surface area contributed by atoms with Crippen LogP contribution in [0.25, 0.3) is 0 Å². The third kappa shape index (κ3) is 4.01. The van der Waals surface area contributed by atoms with E-state index in [0.717, 1.165) is 45.3 Å². The molecular weight excluding hydrogens is 274 g/mol. The summed E-state index contributed by atoms with van der Waals surface area (Å²) < 4.78 is 0. The van der Waals surface area contributed by atoms with E-state index in [2.05, 4.69) is 52.8 Å². The van der Waals surface area contributed by atoms with E-state index < -0.39 is 0 Å². The number of urea groups is 1. The number of benzene rings is 1. The van der Waals surface area contributed by atoms with E-state index in [0.29, 0.717) is 6.04 Å². The topological polar surface area (TPSA) is 44.4 Å². The van der Waals surface area contributed by atoms with Gasteiger partial charge in [-0.25, -0.2) is 4.79 Å². The predicted molar refractivity (Wildman–Crippen MR) is 88.7 cm³/mol. The van der Waals surface area contributed by atoms with Crippen LogP contribution >= 0.6 is 0 Å². The molecule has 22 heavy (non-hydrogen) atoms. The van der Waals surface area contributed by atoms with Gasteiger partial charge in [0.05, 0.1) is 0 Å². The molecule has 2 fully saturated rings. The second-order valence-corrected chi connectivity index (χ2v) is 7.05. The zero-order valence-electron chi connectivity index (χ0n) is 13.5. The van der Waals surface area contributed by atoms with Crippen molar-refractivity contribution in [2.24, 2.45) is 0 Å². The summed E-state index contributed by atoms with van der Waals surface area (Å²) in [6, 6.07) is 10.9. The average molecular weight is 301 g/mol. The van der Waals surface area contributed by atoms with Gasteiger partial charge in [0.25, 0.3) is 0 Å². The maximum absolute atomic E-state index is 12.1. The van der Waals surface area contributed by atoms with E-state index in [1.807, 2.05) is 0 Å². The van der Waals surface area contributed by atoms with Gasteiger partial charge in [0, 0.05) is 31.2 Å². The van der Waals surface area contributed by atoms with Gasteiger partial charge in [-0.2, -0.15) is 0 Å². The Bertz CT molecular complexity index is 490. The van der Waals surface area contributed by atoms with Crippen LogP contribution in [-0.4, -0.2) is 35.6 Å². The number of hydrogen-bond acceptors (Lipinski definition) is 2. The van der Waals surface area contributed by atoms with Crippen LogP contribution in [0.15, 0.2) is 30.3 Å². The molecule has 1 heterocycles. The molecule has 0 aromatic heterocycles. The van der Waals surface area contributed by atoms with E-state index in [1.165, 1.54) is 12.0 Å². The quantitative estimate of drug-likeness (QED) is 0.898. The highest BCUT2D eigenvalue weighted by atomic mass is 16.2. The smallest absolute Gasteiger partial charge is 0.315 e. The highest BCUT2D eigenvalue weighted by molar-refractivity contribution is 5.75. The van der Waals surface area contributed by atoms with Crippen LogP contribution in [0, 0.1) is 0 Å². The van der Waals surface area contributed by atoms with Crippen molar-refractivity contribution in [3.63, 3.8) is 0 Å². The standard InChI is InChI=1S/C18H27N3O/c1-18(10-5-11-18)20-17(22)19-16-8-12-21(13-9-16)14-15-6-3-2-4-7-15/h2-4,6-7,16H,5,8-14H2,1H3,(H2,19,20,22). The van der Waals surface area contributed by atoms with Gasteiger partial charge in [-0.1, -0.05) is 30.3 Å². The highest BCUT2D eigenvalue weighted by Crippen LogP contribution is 2.30. The summed E-state index contributed by atoms with van der Waals surface area (Å²) in [7, 11) is 0. The molecule has 120 valence electrons. The van der Waals surface area contributed by atoms with Crippen molar-refractivity contribution in [2.45, 2.75) is 57.2 Å². The van der Waals surface area contributed by atoms with E-state index in [9.17, 15) is 4.79 Å². The summed E-state index contributed by atoms with van der Waals surface area (Å²) in [6.07, 6.45) is 5.52. The number of carbonyl (C=O) groups is 1. The number of likely N-dealkylation sites (tertiary alicyclic amines) is 1. The van der Waals surface area contributed by atoms with Gasteiger partial charge in [0.2, 0.25) is 0 Å². The lowest BCUT2D eigenvalue weighted by atomic mass is 9.79. The maximum Gasteiger partial charge on any atom is 0.315 e. The van der Waals surface area contributed by atoms with E-state index in [4.69, 9.17) is 0 Å². The minimum Gasteiger partial charge on any atom is -0.335 e. The number of nitrogens with zero attached hydrogens (tertiary/aromatic N) is 1. The van der Waals surface area contributed by atoms with Crippen molar-refractivity contribution in [3.05, 3.63) is 35.9 Å². The van der Waals surface area contributed by atoms with Crippen LogP contribution < -0.4 is 10.6 Å². The maximum atomic E-state index is 12.1. The average Bonchev–Trinajstić information content (AvgIpc) is 2.49. The number of hydrogen-bond donors (Lipinski definition) is 2. The molecule has 1 aromatic rings. The van der Waals surface area contributed by atoms with Crippen molar-refractivity contribution in [1.82, 2.24) is 15.5 Å². The van der Waals surface area contributed by atoms with Crippen LogP contribution in [0.1, 0.15) is 44.6 Å². The molecule has 2 N–H and O–H groups in total. The molecule has 4 nitrogen and oxygen atoms in total. The molecule has 1 aliphatic carbocycles. The Kier molecular flexibility index (Phi) is 4.67. The number of carbonyl (C=O) groups excluding carboxylic acids is 1. The molecule has 1 aliphatic heterocycles. The number of amides is 2. The van der Waals surface area contributed by atoms with Crippen LogP contribution in [-0.2, 0) is 6.54 Å². The van der Waals surface area contributed by atoms with Crippen molar-refractivity contribution >= 4 is 6.03 Å². The summed E-state index contributed by atoms with van der Waals surface area (Å²) >= 11 is 0. The van der Waals surface area contributed by atoms with E-state index in [-0.39, 0.29) is 11.6 Å². The Labute approximate surface area is 133 Å². The lowest BCUT2D eigenvalue weighted by Gasteiger charge is -2.40. The predicted octanol–water partition coefficient (Wildman–Crippen LogP) is 2.89. The molecule has 0 unspecified atom stereocenters. The van der Waals surface area contributed by atoms with Gasteiger partial charge in [-0.15, -0.1) is 0 Å². The second-order valence-electron chi connectivity index (χ2n) is 7.05. The third-order valence-electron chi connectivity index (χ3n) is 5.04. The molecule has 0 spiro atoms. The molecule has 0 radical (unpaired) electrons. The van der Waals surface area contributed by atoms with Gasteiger partial charge in [-0.05, 0) is 44.6 Å². The second kappa shape index (κ2) is 6.69. The largest absolute Gasteiger partial charge is 0.335 e. The summed E-state index contributed by atoms with van der Waals surface area (Å²) in [5.41, 5.74) is 1.41. The van der Waals surface area contributed by atoms with Gasteiger partial charge in [0.1, 0.15) is 0 Å². The molecule has 1 saturated heterocycles.